The van der Waals surface area contributed by atoms with Gasteiger partial charge in [0.1, 0.15) is 5.75 Å². The van der Waals surface area contributed by atoms with E-state index >= 15 is 0 Å². The van der Waals surface area contributed by atoms with Crippen LogP contribution >= 0.6 is 0 Å². The molecule has 0 saturated carbocycles. The van der Waals surface area contributed by atoms with Gasteiger partial charge in [0.25, 0.3) is 0 Å². The van der Waals surface area contributed by atoms with Crippen LogP contribution in [-0.4, -0.2) is 40.4 Å². The standard InChI is InChI=1S/C14H21N3O3/c1-18-11-8-13(20-3)12(19-2)7-10(11)9-17-14-15-5-4-6-16-14/h7-8H,4-6,9H2,1-3H3,(H2,15,16,17). The van der Waals surface area contributed by atoms with Crippen LogP contribution in [-0.2, 0) is 6.54 Å². The Morgan fingerprint density at radius 3 is 2.40 bits per heavy atom. The summed E-state index contributed by atoms with van der Waals surface area (Å²) >= 11 is 0. The highest BCUT2D eigenvalue weighted by Crippen LogP contribution is 2.34. The number of hydrogen-bond donors (Lipinski definition) is 2. The molecule has 0 fully saturated rings. The van der Waals surface area contributed by atoms with E-state index < -0.39 is 0 Å². The molecule has 0 saturated heterocycles. The van der Waals surface area contributed by atoms with Crippen LogP contribution in [0.5, 0.6) is 17.2 Å². The molecule has 6 heteroatoms. The Morgan fingerprint density at radius 2 is 1.80 bits per heavy atom. The van der Waals surface area contributed by atoms with Gasteiger partial charge in [-0.05, 0) is 12.5 Å². The molecule has 0 amide bonds. The lowest BCUT2D eigenvalue weighted by Crippen LogP contribution is -2.40. The molecule has 0 aliphatic carbocycles. The van der Waals surface area contributed by atoms with Gasteiger partial charge in [0, 0.05) is 31.3 Å². The molecule has 110 valence electrons. The van der Waals surface area contributed by atoms with Gasteiger partial charge in [0.05, 0.1) is 21.3 Å². The van der Waals surface area contributed by atoms with Crippen molar-refractivity contribution in [3.63, 3.8) is 0 Å². The summed E-state index contributed by atoms with van der Waals surface area (Å²) in [5, 5.41) is 6.48. The highest BCUT2D eigenvalue weighted by atomic mass is 16.5. The summed E-state index contributed by atoms with van der Waals surface area (Å²) in [7, 11) is 4.87. The van der Waals surface area contributed by atoms with Crippen molar-refractivity contribution in [1.29, 1.82) is 0 Å². The van der Waals surface area contributed by atoms with Crippen LogP contribution < -0.4 is 24.8 Å². The van der Waals surface area contributed by atoms with E-state index in [1.807, 2.05) is 12.1 Å². The van der Waals surface area contributed by atoms with E-state index in [4.69, 9.17) is 14.2 Å². The van der Waals surface area contributed by atoms with Gasteiger partial charge in [-0.25, -0.2) is 0 Å². The van der Waals surface area contributed by atoms with Crippen molar-refractivity contribution in [2.24, 2.45) is 4.99 Å². The number of nitrogens with zero attached hydrogens (tertiary/aromatic N) is 1. The van der Waals surface area contributed by atoms with E-state index in [2.05, 4.69) is 15.6 Å². The summed E-state index contributed by atoms with van der Waals surface area (Å²) < 4.78 is 16.0. The number of guanidine groups is 1. The Kier molecular flexibility index (Phi) is 4.92. The maximum Gasteiger partial charge on any atom is 0.191 e. The van der Waals surface area contributed by atoms with Crippen LogP contribution in [0.3, 0.4) is 0 Å². The molecule has 0 spiro atoms. The molecular formula is C14H21N3O3. The normalized spacial score (nSPS) is 14.1. The molecule has 0 aromatic heterocycles. The van der Waals surface area contributed by atoms with Gasteiger partial charge in [0.15, 0.2) is 17.5 Å². The predicted molar refractivity (Wildman–Crippen MR) is 77.9 cm³/mol. The molecule has 20 heavy (non-hydrogen) atoms. The molecule has 1 heterocycles. The summed E-state index contributed by atoms with van der Waals surface area (Å²) in [5.41, 5.74) is 0.986. The molecule has 1 aliphatic heterocycles. The number of hydrogen-bond acceptors (Lipinski definition) is 6. The lowest BCUT2D eigenvalue weighted by molar-refractivity contribution is 0.347. The van der Waals surface area contributed by atoms with Crippen LogP contribution in [0.1, 0.15) is 12.0 Å². The minimum Gasteiger partial charge on any atom is -0.496 e. The first-order valence-electron chi connectivity index (χ1n) is 6.59. The second-order valence-corrected chi connectivity index (χ2v) is 4.38. The maximum absolute atomic E-state index is 5.39. The highest BCUT2D eigenvalue weighted by molar-refractivity contribution is 5.80. The molecule has 1 aromatic rings. The van der Waals surface area contributed by atoms with Crippen LogP contribution in [0.4, 0.5) is 0 Å². The van der Waals surface area contributed by atoms with Gasteiger partial charge in [-0.15, -0.1) is 0 Å². The molecule has 1 aromatic carbocycles. The average molecular weight is 279 g/mol. The third-order valence-corrected chi connectivity index (χ3v) is 3.13. The molecule has 6 nitrogen and oxygen atoms in total. The average Bonchev–Trinajstić information content (AvgIpc) is 2.52. The topological polar surface area (TPSA) is 64.1 Å². The number of nitrogens with one attached hydrogen (secondary N) is 2. The zero-order chi connectivity index (χ0) is 14.4. The lowest BCUT2D eigenvalue weighted by Gasteiger charge is -2.18. The third-order valence-electron chi connectivity index (χ3n) is 3.13. The first-order valence-corrected chi connectivity index (χ1v) is 6.59. The molecule has 2 N–H and O–H groups in total. The fourth-order valence-electron chi connectivity index (χ4n) is 2.06. The van der Waals surface area contributed by atoms with Gasteiger partial charge in [0.2, 0.25) is 0 Å². The van der Waals surface area contributed by atoms with Crippen molar-refractivity contribution in [2.45, 2.75) is 13.0 Å². The van der Waals surface area contributed by atoms with Crippen LogP contribution in [0.25, 0.3) is 0 Å². The second kappa shape index (κ2) is 6.88. The number of ether oxygens (including phenoxy) is 3. The summed E-state index contributed by atoms with van der Waals surface area (Å²) in [6.45, 7) is 2.42. The number of rotatable bonds is 5. The van der Waals surface area contributed by atoms with E-state index in [-0.39, 0.29) is 0 Å². The molecule has 1 aliphatic rings. The molecule has 0 atom stereocenters. The fraction of sp³-hybridized carbons (Fsp3) is 0.500. The van der Waals surface area contributed by atoms with Crippen LogP contribution in [0.2, 0.25) is 0 Å². The Bertz CT molecular complexity index is 489. The fourth-order valence-corrected chi connectivity index (χ4v) is 2.06. The zero-order valence-corrected chi connectivity index (χ0v) is 12.2. The van der Waals surface area contributed by atoms with Gasteiger partial charge in [-0.1, -0.05) is 0 Å². The molecular weight excluding hydrogens is 258 g/mol. The van der Waals surface area contributed by atoms with Crippen molar-refractivity contribution >= 4 is 5.96 Å². The third kappa shape index (κ3) is 3.26. The van der Waals surface area contributed by atoms with Crippen molar-refractivity contribution in [2.75, 3.05) is 34.4 Å². The molecule has 0 unspecified atom stereocenters. The van der Waals surface area contributed by atoms with E-state index in [9.17, 15) is 0 Å². The van der Waals surface area contributed by atoms with Crippen LogP contribution in [0.15, 0.2) is 17.1 Å². The molecule has 0 bridgehead atoms. The summed E-state index contributed by atoms with van der Waals surface area (Å²) in [4.78, 5) is 4.37. The summed E-state index contributed by atoms with van der Waals surface area (Å²) in [6, 6.07) is 3.74. The minimum atomic E-state index is 0.607. The van der Waals surface area contributed by atoms with E-state index in [0.29, 0.717) is 18.0 Å². The van der Waals surface area contributed by atoms with Crippen molar-refractivity contribution in [3.8, 4) is 17.2 Å². The van der Waals surface area contributed by atoms with E-state index in [0.717, 1.165) is 36.8 Å². The number of benzene rings is 1. The largest absolute Gasteiger partial charge is 0.496 e. The molecule has 2 rings (SSSR count). The minimum absolute atomic E-state index is 0.607. The maximum atomic E-state index is 5.39. The van der Waals surface area contributed by atoms with Gasteiger partial charge >= 0.3 is 0 Å². The second-order valence-electron chi connectivity index (χ2n) is 4.38. The van der Waals surface area contributed by atoms with E-state index in [1.165, 1.54) is 0 Å². The summed E-state index contributed by atoms with van der Waals surface area (Å²) in [5.74, 6) is 2.92. The smallest absolute Gasteiger partial charge is 0.191 e. The molecule has 0 radical (unpaired) electrons. The van der Waals surface area contributed by atoms with Crippen molar-refractivity contribution in [3.05, 3.63) is 17.7 Å². The SMILES string of the molecule is COc1cc(OC)c(OC)cc1CNC1=NCCCN1. The lowest BCUT2D eigenvalue weighted by atomic mass is 10.1. The number of aliphatic imine (C=N–C) groups is 1. The van der Waals surface area contributed by atoms with Crippen LogP contribution in [0, 0.1) is 0 Å². The van der Waals surface area contributed by atoms with E-state index in [1.54, 1.807) is 21.3 Å². The predicted octanol–water partition coefficient (Wildman–Crippen LogP) is 1.15. The van der Waals surface area contributed by atoms with Gasteiger partial charge < -0.3 is 24.8 Å². The Balaban J connectivity index is 2.14. The monoisotopic (exact) mass is 279 g/mol. The first-order chi connectivity index (χ1) is 9.78. The Labute approximate surface area is 119 Å². The van der Waals surface area contributed by atoms with Gasteiger partial charge in [-0.2, -0.15) is 0 Å². The highest BCUT2D eigenvalue weighted by Gasteiger charge is 2.12. The quantitative estimate of drug-likeness (QED) is 0.846. The Hall–Kier alpha value is -2.11. The van der Waals surface area contributed by atoms with Crippen molar-refractivity contribution < 1.29 is 14.2 Å². The Morgan fingerprint density at radius 1 is 1.10 bits per heavy atom. The zero-order valence-electron chi connectivity index (χ0n) is 12.2. The summed E-state index contributed by atoms with van der Waals surface area (Å²) in [6.07, 6.45) is 1.07. The number of methoxy groups -OCH3 is 3. The van der Waals surface area contributed by atoms with Gasteiger partial charge in [-0.3, -0.25) is 4.99 Å². The van der Waals surface area contributed by atoms with Crippen molar-refractivity contribution in [1.82, 2.24) is 10.6 Å². The first kappa shape index (κ1) is 14.3.